The van der Waals surface area contributed by atoms with Gasteiger partial charge in [-0.1, -0.05) is 70.2 Å². The van der Waals surface area contributed by atoms with Crippen molar-refractivity contribution >= 4 is 42.7 Å². The van der Waals surface area contributed by atoms with Crippen LogP contribution in [0.3, 0.4) is 0 Å². The molecule has 4 nitrogen and oxygen atoms in total. The molecule has 0 saturated carbocycles. The number of thiophene rings is 1. The molecule has 0 fully saturated rings. The van der Waals surface area contributed by atoms with Crippen LogP contribution in [0, 0.1) is 13.8 Å². The molecule has 4 aromatic heterocycles. The molecule has 7 rings (SSSR count). The maximum atomic E-state index is 7.90. The molecule has 0 saturated heterocycles. The molecule has 0 amide bonds. The first kappa shape index (κ1) is 23.2. The maximum Gasteiger partial charge on any atom is 0.146 e. The second kappa shape index (κ2) is 10.2. The molecule has 0 spiro atoms. The largest absolute Gasteiger partial charge is 0.290 e. The summed E-state index contributed by atoms with van der Waals surface area (Å²) >= 11 is 1.52. The fourth-order valence-corrected chi connectivity index (χ4v) is 7.19. The third-order valence-corrected chi connectivity index (χ3v) is 9.16. The van der Waals surface area contributed by atoms with Gasteiger partial charge in [-0.25, -0.2) is 9.97 Å². The standard InChI is InChI=1S/C37H34N4S/c1-21(2)29-19-26(25-11-8-7-9-12-25)20-30(22(3)4)35(29)41-34-24(6)38-18-17-31(34)40-36(41)27-13-10-14-32-33(27)28-16-15-23(5)39-37(28)42-32/h7-22H,1-6H3/i5D3. The maximum absolute atomic E-state index is 7.90. The van der Waals surface area contributed by atoms with Crippen LogP contribution in [-0.4, -0.2) is 19.5 Å². The molecular formula is C37H34N4S. The average Bonchev–Trinajstić information content (AvgIpc) is 3.59. The zero-order valence-corrected chi connectivity index (χ0v) is 25.3. The van der Waals surface area contributed by atoms with Gasteiger partial charge in [-0.15, -0.1) is 11.3 Å². The van der Waals surface area contributed by atoms with Crippen molar-refractivity contribution in [2.75, 3.05) is 0 Å². The number of hydrogen-bond donors (Lipinski definition) is 0. The van der Waals surface area contributed by atoms with Crippen molar-refractivity contribution < 1.29 is 4.11 Å². The van der Waals surface area contributed by atoms with Crippen molar-refractivity contribution in [3.63, 3.8) is 0 Å². The molecule has 208 valence electrons. The summed E-state index contributed by atoms with van der Waals surface area (Å²) in [6.45, 7) is 8.79. The van der Waals surface area contributed by atoms with E-state index in [1.54, 1.807) is 6.07 Å². The number of nitrogens with zero attached hydrogens (tertiary/aromatic N) is 4. The van der Waals surface area contributed by atoms with E-state index in [0.29, 0.717) is 4.83 Å². The quantitative estimate of drug-likeness (QED) is 0.207. The third-order valence-electron chi connectivity index (χ3n) is 8.09. The first-order valence-electron chi connectivity index (χ1n) is 15.9. The predicted molar refractivity (Wildman–Crippen MR) is 178 cm³/mol. The molecule has 0 radical (unpaired) electrons. The normalized spacial score (nSPS) is 13.4. The van der Waals surface area contributed by atoms with E-state index in [0.717, 1.165) is 49.3 Å². The smallest absolute Gasteiger partial charge is 0.146 e. The van der Waals surface area contributed by atoms with E-state index in [1.807, 2.05) is 25.3 Å². The molecule has 0 N–H and O–H groups in total. The number of aryl methyl sites for hydroxylation is 2. The van der Waals surface area contributed by atoms with Gasteiger partial charge in [-0.3, -0.25) is 9.55 Å². The second-order valence-electron chi connectivity index (χ2n) is 11.5. The summed E-state index contributed by atoms with van der Waals surface area (Å²) in [6.07, 6.45) is 1.82. The summed E-state index contributed by atoms with van der Waals surface area (Å²) in [7, 11) is 0. The topological polar surface area (TPSA) is 43.6 Å². The highest BCUT2D eigenvalue weighted by Crippen LogP contribution is 2.44. The Hall–Kier alpha value is -4.35. The van der Waals surface area contributed by atoms with E-state index in [1.165, 1.54) is 33.6 Å². The number of imidazole rings is 1. The van der Waals surface area contributed by atoms with Gasteiger partial charge in [0.05, 0.1) is 22.4 Å². The van der Waals surface area contributed by atoms with Crippen LogP contribution < -0.4 is 0 Å². The molecule has 0 aliphatic carbocycles. The monoisotopic (exact) mass is 569 g/mol. The lowest BCUT2D eigenvalue weighted by Gasteiger charge is -2.24. The first-order valence-corrected chi connectivity index (χ1v) is 15.3. The number of fused-ring (bicyclic) bond motifs is 4. The highest BCUT2D eigenvalue weighted by molar-refractivity contribution is 7.25. The van der Waals surface area contributed by atoms with Crippen LogP contribution in [0.1, 0.15) is 66.2 Å². The minimum Gasteiger partial charge on any atom is -0.290 e. The molecular weight excluding hydrogens is 533 g/mol. The molecule has 0 aliphatic heterocycles. The molecule has 0 bridgehead atoms. The molecule has 4 heterocycles. The zero-order chi connectivity index (χ0) is 31.6. The fourth-order valence-electron chi connectivity index (χ4n) is 6.09. The van der Waals surface area contributed by atoms with E-state index in [2.05, 4.69) is 97.9 Å². The molecule has 0 aliphatic rings. The Bertz CT molecular complexity index is 2200. The summed E-state index contributed by atoms with van der Waals surface area (Å²) in [5.41, 5.74) is 9.91. The van der Waals surface area contributed by atoms with E-state index < -0.39 is 6.85 Å². The van der Waals surface area contributed by atoms with Crippen LogP contribution >= 0.6 is 11.3 Å². The highest BCUT2D eigenvalue weighted by atomic mass is 32.1. The minimum atomic E-state index is -2.27. The van der Waals surface area contributed by atoms with Gasteiger partial charge < -0.3 is 0 Å². The summed E-state index contributed by atoms with van der Waals surface area (Å²) < 4.78 is 27.1. The van der Waals surface area contributed by atoms with E-state index in [4.69, 9.17) is 14.1 Å². The fraction of sp³-hybridized carbons (Fsp3) is 0.216. The number of hydrogen-bond acceptors (Lipinski definition) is 4. The Morgan fingerprint density at radius 2 is 1.57 bits per heavy atom. The Kier molecular flexibility index (Phi) is 5.63. The molecule has 0 atom stereocenters. The van der Waals surface area contributed by atoms with E-state index >= 15 is 0 Å². The Morgan fingerprint density at radius 3 is 2.29 bits per heavy atom. The lowest BCUT2D eigenvalue weighted by Crippen LogP contribution is -2.10. The SMILES string of the molecule is [2H]C([2H])([2H])c1ccc2c(n1)sc1cccc(-c3nc4ccnc(C)c4n3-c3c(C(C)C)cc(-c4ccccc4)cc3C(C)C)c12. The molecule has 3 aromatic carbocycles. The molecule has 5 heteroatoms. The van der Waals surface area contributed by atoms with Crippen molar-refractivity contribution in [3.8, 4) is 28.2 Å². The molecule has 7 aromatic rings. The van der Waals surface area contributed by atoms with Gasteiger partial charge in [0.25, 0.3) is 0 Å². The van der Waals surface area contributed by atoms with Crippen LogP contribution in [0.4, 0.5) is 0 Å². The van der Waals surface area contributed by atoms with Crippen LogP contribution in [0.25, 0.3) is 59.5 Å². The molecule has 0 unspecified atom stereocenters. The van der Waals surface area contributed by atoms with E-state index in [9.17, 15) is 0 Å². The van der Waals surface area contributed by atoms with Crippen molar-refractivity contribution in [3.05, 3.63) is 108 Å². The average molecular weight is 570 g/mol. The zero-order valence-electron chi connectivity index (χ0n) is 27.4. The number of pyridine rings is 2. The Balaban J connectivity index is 1.60. The van der Waals surface area contributed by atoms with Crippen molar-refractivity contribution in [1.29, 1.82) is 0 Å². The number of benzene rings is 3. The van der Waals surface area contributed by atoms with Crippen LogP contribution in [-0.2, 0) is 0 Å². The Morgan fingerprint density at radius 1 is 0.810 bits per heavy atom. The summed E-state index contributed by atoms with van der Waals surface area (Å²) in [5, 5.41) is 1.96. The van der Waals surface area contributed by atoms with Gasteiger partial charge in [0, 0.05) is 37.0 Å². The van der Waals surface area contributed by atoms with Crippen molar-refractivity contribution in [2.24, 2.45) is 0 Å². The second-order valence-corrected chi connectivity index (χ2v) is 12.6. The number of rotatable bonds is 5. The van der Waals surface area contributed by atoms with E-state index in [-0.39, 0.29) is 17.5 Å². The number of aromatic nitrogens is 4. The summed E-state index contributed by atoms with van der Waals surface area (Å²) in [5.74, 6) is 1.31. The predicted octanol–water partition coefficient (Wildman–Crippen LogP) is 10.4. The lowest BCUT2D eigenvalue weighted by molar-refractivity contribution is 0.811. The minimum absolute atomic E-state index is 0.110. The van der Waals surface area contributed by atoms with Crippen molar-refractivity contribution in [1.82, 2.24) is 19.5 Å². The van der Waals surface area contributed by atoms with Crippen LogP contribution in [0.2, 0.25) is 0 Å². The van der Waals surface area contributed by atoms with Gasteiger partial charge in [0.2, 0.25) is 0 Å². The summed E-state index contributed by atoms with van der Waals surface area (Å²) in [6, 6.07) is 27.0. The van der Waals surface area contributed by atoms with Crippen molar-refractivity contribution in [2.45, 2.75) is 53.3 Å². The third kappa shape index (κ3) is 4.23. The van der Waals surface area contributed by atoms with Gasteiger partial charge in [0.15, 0.2) is 0 Å². The van der Waals surface area contributed by atoms with Gasteiger partial charge in [-0.05, 0) is 84.3 Å². The highest BCUT2D eigenvalue weighted by Gasteiger charge is 2.26. The molecule has 42 heavy (non-hydrogen) atoms. The van der Waals surface area contributed by atoms with Crippen LogP contribution in [0.15, 0.2) is 85.1 Å². The van der Waals surface area contributed by atoms with Gasteiger partial charge >= 0.3 is 0 Å². The first-order chi connectivity index (χ1) is 21.5. The van der Waals surface area contributed by atoms with Gasteiger partial charge in [0.1, 0.15) is 10.7 Å². The lowest BCUT2D eigenvalue weighted by atomic mass is 9.88. The van der Waals surface area contributed by atoms with Crippen LogP contribution in [0.5, 0.6) is 0 Å². The Labute approximate surface area is 255 Å². The van der Waals surface area contributed by atoms with Gasteiger partial charge in [-0.2, -0.15) is 0 Å². The summed E-state index contributed by atoms with van der Waals surface area (Å²) in [4.78, 5) is 15.3.